The van der Waals surface area contributed by atoms with Gasteiger partial charge in [-0.3, -0.25) is 4.79 Å². The van der Waals surface area contributed by atoms with Gasteiger partial charge in [0.15, 0.2) is 5.78 Å². The first-order valence-electron chi connectivity index (χ1n) is 5.89. The van der Waals surface area contributed by atoms with Gasteiger partial charge in [0, 0.05) is 37.9 Å². The molecule has 0 radical (unpaired) electrons. The summed E-state index contributed by atoms with van der Waals surface area (Å²) in [6, 6.07) is 0. The average Bonchev–Trinajstić information content (AvgIpc) is 2.54. The molecule has 0 amide bonds. The number of carbonyl (C=O) groups is 1. The standard InChI is InChI=1S/C12H19NO2/c14-9-10-2-1-6-13(7-5-10)11-3-4-12(15)8-11/h8,10,14H,1-7,9H2. The van der Waals surface area contributed by atoms with Crippen molar-refractivity contribution < 1.29 is 9.90 Å². The maximum Gasteiger partial charge on any atom is 0.157 e. The summed E-state index contributed by atoms with van der Waals surface area (Å²) in [4.78, 5) is 13.5. The fraction of sp³-hybridized carbons (Fsp3) is 0.750. The molecule has 3 nitrogen and oxygen atoms in total. The van der Waals surface area contributed by atoms with Crippen LogP contribution in [0.1, 0.15) is 32.1 Å². The Morgan fingerprint density at radius 3 is 2.87 bits per heavy atom. The van der Waals surface area contributed by atoms with E-state index < -0.39 is 0 Å². The predicted octanol–water partition coefficient (Wildman–Crippen LogP) is 1.33. The average molecular weight is 209 g/mol. The molecule has 0 aromatic heterocycles. The van der Waals surface area contributed by atoms with E-state index in [1.807, 2.05) is 0 Å². The third kappa shape index (κ3) is 2.59. The van der Waals surface area contributed by atoms with Gasteiger partial charge in [0.2, 0.25) is 0 Å². The van der Waals surface area contributed by atoms with Crippen LogP contribution < -0.4 is 0 Å². The zero-order valence-corrected chi connectivity index (χ0v) is 9.11. The van der Waals surface area contributed by atoms with Gasteiger partial charge in [-0.1, -0.05) is 0 Å². The summed E-state index contributed by atoms with van der Waals surface area (Å²) < 4.78 is 0. The van der Waals surface area contributed by atoms with Gasteiger partial charge >= 0.3 is 0 Å². The normalized spacial score (nSPS) is 27.8. The van der Waals surface area contributed by atoms with Crippen molar-refractivity contribution in [2.75, 3.05) is 19.7 Å². The van der Waals surface area contributed by atoms with E-state index in [0.717, 1.165) is 38.8 Å². The summed E-state index contributed by atoms with van der Waals surface area (Å²) in [5.41, 5.74) is 1.22. The Hall–Kier alpha value is -0.830. The molecule has 1 atom stereocenters. The Kier molecular flexibility index (Phi) is 3.41. The highest BCUT2D eigenvalue weighted by molar-refractivity contribution is 5.92. The summed E-state index contributed by atoms with van der Waals surface area (Å²) in [5.74, 6) is 0.737. The quantitative estimate of drug-likeness (QED) is 0.746. The van der Waals surface area contributed by atoms with Crippen LogP contribution in [-0.4, -0.2) is 35.5 Å². The maximum atomic E-state index is 11.2. The van der Waals surface area contributed by atoms with Crippen LogP contribution in [0.15, 0.2) is 11.8 Å². The molecule has 1 fully saturated rings. The smallest absolute Gasteiger partial charge is 0.157 e. The Bertz CT molecular complexity index is 273. The lowest BCUT2D eigenvalue weighted by atomic mass is 10.0. The van der Waals surface area contributed by atoms with E-state index in [-0.39, 0.29) is 5.78 Å². The number of hydrogen-bond donors (Lipinski definition) is 1. The van der Waals surface area contributed by atoms with Crippen LogP contribution in [0.3, 0.4) is 0 Å². The van der Waals surface area contributed by atoms with Crippen LogP contribution in [0.2, 0.25) is 0 Å². The molecule has 2 aliphatic rings. The molecule has 1 aliphatic heterocycles. The SMILES string of the molecule is O=C1C=C(N2CCCC(CO)CC2)CC1. The summed E-state index contributed by atoms with van der Waals surface area (Å²) in [6.07, 6.45) is 6.73. The van der Waals surface area contributed by atoms with Crippen molar-refractivity contribution in [1.29, 1.82) is 0 Å². The van der Waals surface area contributed by atoms with Gasteiger partial charge in [-0.05, 0) is 31.6 Å². The molecule has 0 spiro atoms. The molecule has 15 heavy (non-hydrogen) atoms. The number of likely N-dealkylation sites (tertiary alicyclic amines) is 1. The number of ketones is 1. The Morgan fingerprint density at radius 2 is 2.20 bits per heavy atom. The van der Waals surface area contributed by atoms with Crippen molar-refractivity contribution in [3.63, 3.8) is 0 Å². The van der Waals surface area contributed by atoms with Crippen molar-refractivity contribution in [2.45, 2.75) is 32.1 Å². The zero-order valence-electron chi connectivity index (χ0n) is 9.11. The first-order valence-corrected chi connectivity index (χ1v) is 5.89. The van der Waals surface area contributed by atoms with Crippen molar-refractivity contribution in [3.05, 3.63) is 11.8 Å². The second-order valence-electron chi connectivity index (χ2n) is 4.57. The number of carbonyl (C=O) groups excluding carboxylic acids is 1. The molecule has 3 heteroatoms. The monoisotopic (exact) mass is 209 g/mol. The van der Waals surface area contributed by atoms with Crippen LogP contribution in [0, 0.1) is 5.92 Å². The third-order valence-electron chi connectivity index (χ3n) is 3.47. The highest BCUT2D eigenvalue weighted by atomic mass is 16.3. The molecule has 0 aromatic rings. The van der Waals surface area contributed by atoms with Gasteiger partial charge in [-0.2, -0.15) is 0 Å². The highest BCUT2D eigenvalue weighted by Crippen LogP contribution is 2.24. The molecule has 1 saturated heterocycles. The number of rotatable bonds is 2. The topological polar surface area (TPSA) is 40.5 Å². The van der Waals surface area contributed by atoms with Crippen LogP contribution in [0.5, 0.6) is 0 Å². The van der Waals surface area contributed by atoms with E-state index in [4.69, 9.17) is 5.11 Å². The molecule has 84 valence electrons. The van der Waals surface area contributed by atoms with Crippen LogP contribution >= 0.6 is 0 Å². The molecule has 1 aliphatic carbocycles. The number of allylic oxidation sites excluding steroid dienone is 2. The van der Waals surface area contributed by atoms with Crippen molar-refractivity contribution in [3.8, 4) is 0 Å². The van der Waals surface area contributed by atoms with Gasteiger partial charge in [-0.25, -0.2) is 0 Å². The van der Waals surface area contributed by atoms with Crippen molar-refractivity contribution >= 4 is 5.78 Å². The minimum Gasteiger partial charge on any atom is -0.396 e. The number of aliphatic hydroxyl groups excluding tert-OH is 1. The Balaban J connectivity index is 1.93. The lowest BCUT2D eigenvalue weighted by Gasteiger charge is -2.23. The Labute approximate surface area is 90.8 Å². The minimum absolute atomic E-state index is 0.271. The van der Waals surface area contributed by atoms with E-state index in [2.05, 4.69) is 4.90 Å². The zero-order chi connectivity index (χ0) is 10.7. The van der Waals surface area contributed by atoms with Crippen LogP contribution in [0.4, 0.5) is 0 Å². The van der Waals surface area contributed by atoms with E-state index in [0.29, 0.717) is 18.9 Å². The molecule has 0 bridgehead atoms. The molecular weight excluding hydrogens is 190 g/mol. The third-order valence-corrected chi connectivity index (χ3v) is 3.47. The first kappa shape index (κ1) is 10.7. The maximum absolute atomic E-state index is 11.2. The Morgan fingerprint density at radius 1 is 1.33 bits per heavy atom. The van der Waals surface area contributed by atoms with Gasteiger partial charge in [-0.15, -0.1) is 0 Å². The van der Waals surface area contributed by atoms with Crippen LogP contribution in [0.25, 0.3) is 0 Å². The summed E-state index contributed by atoms with van der Waals surface area (Å²) in [5, 5.41) is 9.12. The largest absolute Gasteiger partial charge is 0.396 e. The van der Waals surface area contributed by atoms with Gasteiger partial charge < -0.3 is 10.0 Å². The second kappa shape index (κ2) is 4.79. The number of aliphatic hydroxyl groups is 1. The lowest BCUT2D eigenvalue weighted by Crippen LogP contribution is -2.23. The minimum atomic E-state index is 0.271. The second-order valence-corrected chi connectivity index (χ2v) is 4.57. The highest BCUT2D eigenvalue weighted by Gasteiger charge is 2.21. The van der Waals surface area contributed by atoms with Crippen molar-refractivity contribution in [2.24, 2.45) is 5.92 Å². The van der Waals surface area contributed by atoms with Gasteiger partial charge in [0.05, 0.1) is 0 Å². The predicted molar refractivity (Wildman–Crippen MR) is 58.3 cm³/mol. The van der Waals surface area contributed by atoms with Gasteiger partial charge in [0.25, 0.3) is 0 Å². The van der Waals surface area contributed by atoms with Crippen molar-refractivity contribution in [1.82, 2.24) is 4.90 Å². The lowest BCUT2D eigenvalue weighted by molar-refractivity contribution is -0.114. The summed E-state index contributed by atoms with van der Waals surface area (Å²) in [7, 11) is 0. The van der Waals surface area contributed by atoms with E-state index in [1.54, 1.807) is 6.08 Å². The molecule has 2 rings (SSSR count). The van der Waals surface area contributed by atoms with Gasteiger partial charge in [0.1, 0.15) is 0 Å². The molecule has 0 saturated carbocycles. The van der Waals surface area contributed by atoms with E-state index in [1.165, 1.54) is 5.70 Å². The molecule has 1 unspecified atom stereocenters. The van der Waals surface area contributed by atoms with E-state index >= 15 is 0 Å². The first-order chi connectivity index (χ1) is 7.29. The fourth-order valence-electron chi connectivity index (χ4n) is 2.47. The molecule has 1 heterocycles. The van der Waals surface area contributed by atoms with Crippen LogP contribution in [-0.2, 0) is 4.79 Å². The summed E-state index contributed by atoms with van der Waals surface area (Å²) >= 11 is 0. The molecular formula is C12H19NO2. The molecule has 0 aromatic carbocycles. The number of nitrogens with zero attached hydrogens (tertiary/aromatic N) is 1. The molecule has 1 N–H and O–H groups in total. The summed E-state index contributed by atoms with van der Waals surface area (Å²) in [6.45, 7) is 2.37. The fourth-order valence-corrected chi connectivity index (χ4v) is 2.47. The number of hydrogen-bond acceptors (Lipinski definition) is 3. The van der Waals surface area contributed by atoms with E-state index in [9.17, 15) is 4.79 Å².